The van der Waals surface area contributed by atoms with Crippen molar-refractivity contribution >= 4 is 44.1 Å². The molecule has 0 fully saturated rings. The Hall–Kier alpha value is -4.11. The molecular formula is C26H23N5O3S. The van der Waals surface area contributed by atoms with E-state index in [0.717, 1.165) is 28.6 Å². The summed E-state index contributed by atoms with van der Waals surface area (Å²) in [7, 11) is 0. The zero-order valence-corrected chi connectivity index (χ0v) is 20.1. The predicted octanol–water partition coefficient (Wildman–Crippen LogP) is 5.81. The lowest BCUT2D eigenvalue weighted by Gasteiger charge is -2.04. The van der Waals surface area contributed by atoms with Gasteiger partial charge in [0.1, 0.15) is 11.4 Å². The highest BCUT2D eigenvalue weighted by molar-refractivity contribution is 7.17. The standard InChI is InChI=1S/C26H23N5O3S/c1-3-12-31-20-7-5-4-6-18(20)23(26(31)34)29-28-21(32)13-30-15-27-24-22(25(30)33)19(14-35-24)17-10-8-16(2)9-11-17/h4-11,14-15,34H,3,12-13H2,1-2H3. The largest absolute Gasteiger partial charge is 0.493 e. The zero-order chi connectivity index (χ0) is 24.5. The van der Waals surface area contributed by atoms with Crippen LogP contribution in [0.15, 0.2) is 75.3 Å². The van der Waals surface area contributed by atoms with Gasteiger partial charge in [-0.1, -0.05) is 55.0 Å². The Bertz CT molecular complexity index is 1640. The second kappa shape index (κ2) is 9.27. The van der Waals surface area contributed by atoms with Crippen molar-refractivity contribution in [2.45, 2.75) is 33.4 Å². The third-order valence-corrected chi connectivity index (χ3v) is 6.74. The average molecular weight is 486 g/mol. The zero-order valence-electron chi connectivity index (χ0n) is 19.3. The van der Waals surface area contributed by atoms with Crippen LogP contribution in [0, 0.1) is 6.92 Å². The van der Waals surface area contributed by atoms with Gasteiger partial charge in [-0.3, -0.25) is 14.2 Å². The number of azo groups is 1. The van der Waals surface area contributed by atoms with Gasteiger partial charge in [0.05, 0.1) is 17.2 Å². The Balaban J connectivity index is 1.46. The van der Waals surface area contributed by atoms with E-state index in [-0.39, 0.29) is 23.7 Å². The SMILES string of the molecule is CCCn1c(O)c(N=NC(=O)Cn2cnc3scc(-c4ccc(C)cc4)c3c2=O)c2ccccc21. The van der Waals surface area contributed by atoms with Gasteiger partial charge in [-0.2, -0.15) is 0 Å². The normalized spacial score (nSPS) is 11.7. The molecule has 3 aromatic heterocycles. The molecule has 2 aromatic carbocycles. The second-order valence-electron chi connectivity index (χ2n) is 8.31. The first-order chi connectivity index (χ1) is 17.0. The van der Waals surface area contributed by atoms with Crippen LogP contribution in [0.2, 0.25) is 0 Å². The summed E-state index contributed by atoms with van der Waals surface area (Å²) in [5, 5.41) is 21.6. The third-order valence-electron chi connectivity index (χ3n) is 5.86. The van der Waals surface area contributed by atoms with Crippen LogP contribution in [-0.2, 0) is 17.9 Å². The number of fused-ring (bicyclic) bond motifs is 2. The number of hydrogen-bond acceptors (Lipinski definition) is 6. The van der Waals surface area contributed by atoms with Crippen molar-refractivity contribution in [2.75, 3.05) is 0 Å². The number of thiophene rings is 1. The minimum absolute atomic E-state index is 0.0362. The summed E-state index contributed by atoms with van der Waals surface area (Å²) < 4.78 is 2.99. The number of rotatable bonds is 6. The summed E-state index contributed by atoms with van der Waals surface area (Å²) in [5.74, 6) is -0.655. The van der Waals surface area contributed by atoms with Gasteiger partial charge in [0.2, 0.25) is 5.88 Å². The number of aryl methyl sites for hydroxylation is 2. The molecule has 35 heavy (non-hydrogen) atoms. The first kappa shape index (κ1) is 22.7. The first-order valence-electron chi connectivity index (χ1n) is 11.3. The minimum atomic E-state index is -0.618. The van der Waals surface area contributed by atoms with Crippen LogP contribution in [0.4, 0.5) is 5.69 Å². The lowest BCUT2D eigenvalue weighted by molar-refractivity contribution is -0.118. The quantitative estimate of drug-likeness (QED) is 0.306. The van der Waals surface area contributed by atoms with Crippen molar-refractivity contribution in [3.63, 3.8) is 0 Å². The fourth-order valence-electron chi connectivity index (χ4n) is 4.13. The van der Waals surface area contributed by atoms with Gasteiger partial charge < -0.3 is 9.67 Å². The Morgan fingerprint density at radius 3 is 2.69 bits per heavy atom. The number of amides is 1. The van der Waals surface area contributed by atoms with Crippen molar-refractivity contribution in [3.8, 4) is 17.0 Å². The molecule has 0 aliphatic carbocycles. The lowest BCUT2D eigenvalue weighted by Crippen LogP contribution is -2.23. The van der Waals surface area contributed by atoms with Gasteiger partial charge in [-0.15, -0.1) is 21.6 Å². The van der Waals surface area contributed by atoms with E-state index in [2.05, 4.69) is 15.2 Å². The lowest BCUT2D eigenvalue weighted by atomic mass is 10.1. The molecule has 0 atom stereocenters. The third kappa shape index (κ3) is 4.15. The molecule has 0 aliphatic heterocycles. The van der Waals surface area contributed by atoms with Gasteiger partial charge in [0.15, 0.2) is 5.69 Å². The van der Waals surface area contributed by atoms with Gasteiger partial charge in [-0.25, -0.2) is 4.98 Å². The highest BCUT2D eigenvalue weighted by atomic mass is 32.1. The molecule has 5 aromatic rings. The molecule has 3 heterocycles. The second-order valence-corrected chi connectivity index (χ2v) is 9.17. The van der Waals surface area contributed by atoms with E-state index in [1.807, 2.05) is 67.8 Å². The number of hydrogen-bond donors (Lipinski definition) is 1. The average Bonchev–Trinajstić information content (AvgIpc) is 3.40. The van der Waals surface area contributed by atoms with Crippen LogP contribution < -0.4 is 5.56 Å². The number of aromatic hydroxyl groups is 1. The van der Waals surface area contributed by atoms with Crippen molar-refractivity contribution in [3.05, 3.63) is 76.2 Å². The van der Waals surface area contributed by atoms with Gasteiger partial charge >= 0.3 is 0 Å². The van der Waals surface area contributed by atoms with E-state index in [4.69, 9.17) is 0 Å². The molecule has 176 valence electrons. The number of para-hydroxylation sites is 1. The highest BCUT2D eigenvalue weighted by Crippen LogP contribution is 2.39. The Morgan fingerprint density at radius 1 is 1.14 bits per heavy atom. The van der Waals surface area contributed by atoms with Crippen molar-refractivity contribution in [1.29, 1.82) is 0 Å². The van der Waals surface area contributed by atoms with Gasteiger partial charge in [-0.05, 0) is 25.0 Å². The summed E-state index contributed by atoms with van der Waals surface area (Å²) in [4.78, 5) is 30.9. The van der Waals surface area contributed by atoms with Crippen LogP contribution in [0.5, 0.6) is 5.88 Å². The summed E-state index contributed by atoms with van der Waals surface area (Å²) in [6.07, 6.45) is 2.19. The van der Waals surface area contributed by atoms with E-state index in [1.165, 1.54) is 22.2 Å². The maximum absolute atomic E-state index is 13.2. The minimum Gasteiger partial charge on any atom is -0.493 e. The fraction of sp³-hybridized carbons (Fsp3) is 0.192. The Kier molecular flexibility index (Phi) is 6.00. The summed E-state index contributed by atoms with van der Waals surface area (Å²) in [5.41, 5.74) is 3.59. The molecule has 9 heteroatoms. The number of aromatic nitrogens is 3. The monoisotopic (exact) mass is 485 g/mol. The van der Waals surface area contributed by atoms with Gasteiger partial charge in [0, 0.05) is 22.9 Å². The number of carbonyl (C=O) groups is 1. The maximum atomic E-state index is 13.2. The van der Waals surface area contributed by atoms with E-state index >= 15 is 0 Å². The molecule has 0 saturated heterocycles. The summed E-state index contributed by atoms with van der Waals surface area (Å²) >= 11 is 1.39. The molecule has 0 aliphatic rings. The van der Waals surface area contributed by atoms with Crippen molar-refractivity contribution < 1.29 is 9.90 Å². The Labute approximate surface area is 204 Å². The Morgan fingerprint density at radius 2 is 1.91 bits per heavy atom. The molecule has 0 unspecified atom stereocenters. The summed E-state index contributed by atoms with van der Waals surface area (Å²) in [6.45, 7) is 4.33. The fourth-order valence-corrected chi connectivity index (χ4v) is 5.04. The van der Waals surface area contributed by atoms with E-state index in [1.54, 1.807) is 4.57 Å². The van der Waals surface area contributed by atoms with Crippen LogP contribution >= 0.6 is 11.3 Å². The van der Waals surface area contributed by atoms with Crippen LogP contribution in [0.3, 0.4) is 0 Å². The van der Waals surface area contributed by atoms with Crippen LogP contribution in [0.25, 0.3) is 32.2 Å². The smallest absolute Gasteiger partial charge is 0.284 e. The van der Waals surface area contributed by atoms with Crippen LogP contribution in [-0.4, -0.2) is 25.1 Å². The van der Waals surface area contributed by atoms with E-state index in [0.29, 0.717) is 22.1 Å². The molecule has 0 bridgehead atoms. The highest BCUT2D eigenvalue weighted by Gasteiger charge is 2.17. The van der Waals surface area contributed by atoms with Crippen molar-refractivity contribution in [2.24, 2.45) is 10.2 Å². The number of benzene rings is 2. The van der Waals surface area contributed by atoms with Crippen LogP contribution in [0.1, 0.15) is 18.9 Å². The molecule has 1 N–H and O–H groups in total. The number of nitrogens with zero attached hydrogens (tertiary/aromatic N) is 5. The van der Waals surface area contributed by atoms with E-state index < -0.39 is 5.91 Å². The molecule has 0 saturated carbocycles. The first-order valence-corrected chi connectivity index (χ1v) is 12.1. The predicted molar refractivity (Wildman–Crippen MR) is 137 cm³/mol. The molecule has 5 rings (SSSR count). The molecule has 8 nitrogen and oxygen atoms in total. The molecule has 1 amide bonds. The topological polar surface area (TPSA) is 102 Å². The maximum Gasteiger partial charge on any atom is 0.284 e. The molecule has 0 spiro atoms. The summed E-state index contributed by atoms with van der Waals surface area (Å²) in [6, 6.07) is 15.3. The molecular weight excluding hydrogens is 462 g/mol. The van der Waals surface area contributed by atoms with E-state index in [9.17, 15) is 14.7 Å². The number of carbonyl (C=O) groups excluding carboxylic acids is 1. The van der Waals surface area contributed by atoms with Crippen molar-refractivity contribution in [1.82, 2.24) is 14.1 Å². The van der Waals surface area contributed by atoms with Gasteiger partial charge in [0.25, 0.3) is 11.5 Å². The molecule has 0 radical (unpaired) electrons.